The lowest BCUT2D eigenvalue weighted by Gasteiger charge is -2.34. The summed E-state index contributed by atoms with van der Waals surface area (Å²) in [7, 11) is -2.21. The smallest absolute Gasteiger partial charge is 0.207 e. The van der Waals surface area contributed by atoms with E-state index in [2.05, 4.69) is 0 Å². The predicted molar refractivity (Wildman–Crippen MR) is 81.2 cm³/mol. The highest BCUT2D eigenvalue weighted by Gasteiger charge is 2.31. The van der Waals surface area contributed by atoms with E-state index in [0.717, 1.165) is 6.42 Å². The summed E-state index contributed by atoms with van der Waals surface area (Å²) in [5.74, 6) is 0.622. The quantitative estimate of drug-likeness (QED) is 0.783. The van der Waals surface area contributed by atoms with Crippen molar-refractivity contribution >= 4 is 29.8 Å². The van der Waals surface area contributed by atoms with Crippen molar-refractivity contribution in [3.05, 3.63) is 24.3 Å². The van der Waals surface area contributed by atoms with E-state index >= 15 is 0 Å². The zero-order valence-corrected chi connectivity index (χ0v) is 14.2. The highest BCUT2D eigenvalue weighted by atomic mass is 35.7. The van der Waals surface area contributed by atoms with Crippen molar-refractivity contribution in [2.45, 2.75) is 30.1 Å². The lowest BCUT2D eigenvalue weighted by molar-refractivity contribution is 0.222. The molecule has 1 saturated heterocycles. The van der Waals surface area contributed by atoms with Gasteiger partial charge in [-0.1, -0.05) is 13.8 Å². The molecule has 8 heteroatoms. The minimum atomic E-state index is -3.84. The van der Waals surface area contributed by atoms with Gasteiger partial charge >= 0.3 is 0 Å². The molecular formula is C13H18ClNO4S2. The van der Waals surface area contributed by atoms with Crippen molar-refractivity contribution in [2.75, 3.05) is 13.1 Å². The maximum atomic E-state index is 12.6. The van der Waals surface area contributed by atoms with E-state index in [9.17, 15) is 16.8 Å². The number of nitrogens with zero attached hydrogens (tertiary/aromatic N) is 1. The first-order valence-electron chi connectivity index (χ1n) is 6.65. The molecular weight excluding hydrogens is 334 g/mol. The van der Waals surface area contributed by atoms with Gasteiger partial charge in [-0.15, -0.1) is 0 Å². The number of hydrogen-bond acceptors (Lipinski definition) is 4. The van der Waals surface area contributed by atoms with Crippen LogP contribution in [0.15, 0.2) is 34.1 Å². The summed E-state index contributed by atoms with van der Waals surface area (Å²) in [4.78, 5) is -0.0173. The Morgan fingerprint density at radius 2 is 1.38 bits per heavy atom. The van der Waals surface area contributed by atoms with Gasteiger partial charge < -0.3 is 0 Å². The molecule has 2 atom stereocenters. The molecule has 2 rings (SSSR count). The van der Waals surface area contributed by atoms with Crippen LogP contribution in [0.5, 0.6) is 0 Å². The molecule has 0 spiro atoms. The third-order valence-electron chi connectivity index (χ3n) is 3.58. The third kappa shape index (κ3) is 3.77. The topological polar surface area (TPSA) is 71.5 Å². The minimum Gasteiger partial charge on any atom is -0.207 e. The third-order valence-corrected chi connectivity index (χ3v) is 6.79. The summed E-state index contributed by atoms with van der Waals surface area (Å²) in [6.45, 7) is 5.03. The van der Waals surface area contributed by atoms with Crippen LogP contribution >= 0.6 is 10.7 Å². The number of hydrogen-bond donors (Lipinski definition) is 0. The van der Waals surface area contributed by atoms with Crippen LogP contribution in [0.1, 0.15) is 20.3 Å². The van der Waals surface area contributed by atoms with Gasteiger partial charge in [-0.25, -0.2) is 16.8 Å². The Morgan fingerprint density at radius 3 is 1.81 bits per heavy atom. The van der Waals surface area contributed by atoms with Crippen LogP contribution in [-0.2, 0) is 19.1 Å². The average molecular weight is 352 g/mol. The first-order chi connectivity index (χ1) is 9.60. The summed E-state index contributed by atoms with van der Waals surface area (Å²) >= 11 is 0. The fraction of sp³-hybridized carbons (Fsp3) is 0.538. The molecule has 0 radical (unpaired) electrons. The van der Waals surface area contributed by atoms with Crippen LogP contribution in [0.4, 0.5) is 0 Å². The summed E-state index contributed by atoms with van der Waals surface area (Å²) in [5.41, 5.74) is 0. The summed E-state index contributed by atoms with van der Waals surface area (Å²) in [6.07, 6.45) is 1.01. The van der Waals surface area contributed by atoms with Crippen molar-refractivity contribution in [3.63, 3.8) is 0 Å². The van der Waals surface area contributed by atoms with E-state index < -0.39 is 19.1 Å². The van der Waals surface area contributed by atoms with Crippen molar-refractivity contribution in [3.8, 4) is 0 Å². The van der Waals surface area contributed by atoms with Crippen LogP contribution in [0, 0.1) is 11.8 Å². The van der Waals surface area contributed by atoms with Gasteiger partial charge in [0.05, 0.1) is 9.79 Å². The van der Waals surface area contributed by atoms with Crippen molar-refractivity contribution < 1.29 is 16.8 Å². The Labute approximate surface area is 130 Å². The van der Waals surface area contributed by atoms with Crippen LogP contribution < -0.4 is 0 Å². The first-order valence-corrected chi connectivity index (χ1v) is 10.4. The standard InChI is InChI=1S/C13H18ClNO4S2/c1-10-7-11(2)9-15(8-10)21(18,19)13-5-3-12(4-6-13)20(14,16)17/h3-6,10-11H,7-9H2,1-2H3. The van der Waals surface area contributed by atoms with Gasteiger partial charge in [-0.05, 0) is 42.5 Å². The molecule has 0 aromatic heterocycles. The lowest BCUT2D eigenvalue weighted by Crippen LogP contribution is -2.42. The van der Waals surface area contributed by atoms with Crippen LogP contribution in [0.3, 0.4) is 0 Å². The number of halogens is 1. The van der Waals surface area contributed by atoms with Gasteiger partial charge in [0.2, 0.25) is 10.0 Å². The molecule has 1 aliphatic rings. The molecule has 1 aliphatic heterocycles. The Kier molecular flexibility index (Phi) is 4.68. The predicted octanol–water partition coefficient (Wildman–Crippen LogP) is 2.28. The van der Waals surface area contributed by atoms with Crippen LogP contribution in [0.2, 0.25) is 0 Å². The molecule has 0 aliphatic carbocycles. The lowest BCUT2D eigenvalue weighted by atomic mass is 9.94. The molecule has 1 aromatic carbocycles. The normalized spacial score (nSPS) is 24.9. The van der Waals surface area contributed by atoms with Gasteiger partial charge in [0.25, 0.3) is 9.05 Å². The number of benzene rings is 1. The number of sulfonamides is 1. The molecule has 2 unspecified atom stereocenters. The van der Waals surface area contributed by atoms with Crippen molar-refractivity contribution in [1.82, 2.24) is 4.31 Å². The molecule has 118 valence electrons. The van der Waals surface area contributed by atoms with Gasteiger partial charge in [0.1, 0.15) is 0 Å². The highest BCUT2D eigenvalue weighted by molar-refractivity contribution is 8.13. The summed E-state index contributed by atoms with van der Waals surface area (Å²) in [6, 6.07) is 5.00. The van der Waals surface area contributed by atoms with Gasteiger partial charge in [-0.2, -0.15) is 4.31 Å². The SMILES string of the molecule is CC1CC(C)CN(S(=O)(=O)c2ccc(S(=O)(=O)Cl)cc2)C1. The van der Waals surface area contributed by atoms with E-state index in [1.807, 2.05) is 13.8 Å². The molecule has 0 bridgehead atoms. The van der Waals surface area contributed by atoms with E-state index in [0.29, 0.717) is 24.9 Å². The van der Waals surface area contributed by atoms with Gasteiger partial charge in [-0.3, -0.25) is 0 Å². The van der Waals surface area contributed by atoms with E-state index in [-0.39, 0.29) is 9.79 Å². The Balaban J connectivity index is 2.31. The van der Waals surface area contributed by atoms with Crippen molar-refractivity contribution in [2.24, 2.45) is 11.8 Å². The maximum absolute atomic E-state index is 12.6. The van der Waals surface area contributed by atoms with Gasteiger partial charge in [0, 0.05) is 23.8 Å². The zero-order chi connectivity index (χ0) is 15.8. The van der Waals surface area contributed by atoms with E-state index in [1.165, 1.54) is 28.6 Å². The molecule has 1 fully saturated rings. The average Bonchev–Trinajstić information content (AvgIpc) is 2.36. The zero-order valence-electron chi connectivity index (χ0n) is 11.9. The second-order valence-electron chi connectivity index (χ2n) is 5.68. The summed E-state index contributed by atoms with van der Waals surface area (Å²) in [5, 5.41) is 0. The second kappa shape index (κ2) is 5.87. The molecule has 0 saturated carbocycles. The minimum absolute atomic E-state index is 0.0906. The van der Waals surface area contributed by atoms with E-state index in [4.69, 9.17) is 10.7 Å². The van der Waals surface area contributed by atoms with Gasteiger partial charge in [0.15, 0.2) is 0 Å². The first kappa shape index (κ1) is 16.7. The summed E-state index contributed by atoms with van der Waals surface area (Å²) < 4.78 is 49.0. The molecule has 1 aromatic rings. The Bertz CT molecular complexity index is 703. The fourth-order valence-corrected chi connectivity index (χ4v) is 5.17. The number of rotatable bonds is 3. The van der Waals surface area contributed by atoms with E-state index in [1.54, 1.807) is 0 Å². The monoisotopic (exact) mass is 351 g/mol. The molecule has 21 heavy (non-hydrogen) atoms. The molecule has 0 N–H and O–H groups in total. The molecule has 0 amide bonds. The van der Waals surface area contributed by atoms with Crippen LogP contribution in [0.25, 0.3) is 0 Å². The Hall–Kier alpha value is -0.630. The second-order valence-corrected chi connectivity index (χ2v) is 10.2. The van der Waals surface area contributed by atoms with Crippen molar-refractivity contribution in [1.29, 1.82) is 0 Å². The molecule has 1 heterocycles. The highest BCUT2D eigenvalue weighted by Crippen LogP contribution is 2.27. The maximum Gasteiger partial charge on any atom is 0.261 e. The fourth-order valence-electron chi connectivity index (χ4n) is 2.73. The van der Waals surface area contributed by atoms with Crippen LogP contribution in [-0.4, -0.2) is 34.2 Å². The number of piperidine rings is 1. The Morgan fingerprint density at radius 1 is 0.952 bits per heavy atom. The largest absolute Gasteiger partial charge is 0.261 e. The molecule has 5 nitrogen and oxygen atoms in total.